The van der Waals surface area contributed by atoms with Crippen LogP contribution >= 0.6 is 0 Å². The van der Waals surface area contributed by atoms with Crippen molar-refractivity contribution in [2.24, 2.45) is 0 Å². The van der Waals surface area contributed by atoms with Crippen molar-refractivity contribution < 1.29 is 13.6 Å². The summed E-state index contributed by atoms with van der Waals surface area (Å²) in [5, 5.41) is 10.3. The third-order valence-corrected chi connectivity index (χ3v) is 3.14. The van der Waals surface area contributed by atoms with E-state index in [9.17, 15) is 9.18 Å². The number of carbonyl (C=O) groups excluding carboxylic acids is 1. The van der Waals surface area contributed by atoms with Crippen molar-refractivity contribution in [3.8, 4) is 11.5 Å². The standard InChI is InChI=1S/C16H13FN4O2/c1-10-6-7-11(8-18-10)16-21-20-14(23-16)9-19-15(22)12-4-2-3-5-13(12)17/h2-8H,9H2,1H3,(H,19,22). The molecule has 1 amide bonds. The molecule has 0 bridgehead atoms. The van der Waals surface area contributed by atoms with Crippen LogP contribution in [0.3, 0.4) is 0 Å². The third-order valence-electron chi connectivity index (χ3n) is 3.14. The second-order valence-corrected chi connectivity index (χ2v) is 4.85. The van der Waals surface area contributed by atoms with E-state index in [1.54, 1.807) is 12.3 Å². The lowest BCUT2D eigenvalue weighted by Gasteiger charge is -2.03. The van der Waals surface area contributed by atoms with Crippen molar-refractivity contribution in [3.63, 3.8) is 0 Å². The highest BCUT2D eigenvalue weighted by atomic mass is 19.1. The number of aromatic nitrogens is 3. The Hall–Kier alpha value is -3.09. The van der Waals surface area contributed by atoms with E-state index in [4.69, 9.17) is 4.42 Å². The van der Waals surface area contributed by atoms with Gasteiger partial charge in [0.25, 0.3) is 5.91 Å². The van der Waals surface area contributed by atoms with Gasteiger partial charge in [0.1, 0.15) is 5.82 Å². The molecule has 3 rings (SSSR count). The Morgan fingerprint density at radius 1 is 1.22 bits per heavy atom. The van der Waals surface area contributed by atoms with Gasteiger partial charge in [-0.05, 0) is 31.2 Å². The van der Waals surface area contributed by atoms with E-state index in [0.29, 0.717) is 11.5 Å². The first kappa shape index (κ1) is 14.8. The third kappa shape index (κ3) is 3.39. The van der Waals surface area contributed by atoms with E-state index >= 15 is 0 Å². The minimum Gasteiger partial charge on any atom is -0.419 e. The summed E-state index contributed by atoms with van der Waals surface area (Å²) in [5.74, 6) is -0.584. The maximum atomic E-state index is 13.5. The van der Waals surface area contributed by atoms with Gasteiger partial charge in [-0.1, -0.05) is 12.1 Å². The van der Waals surface area contributed by atoms with Gasteiger partial charge in [0.15, 0.2) is 0 Å². The first-order valence-corrected chi connectivity index (χ1v) is 6.91. The Labute approximate surface area is 131 Å². The highest BCUT2D eigenvalue weighted by Crippen LogP contribution is 2.16. The van der Waals surface area contributed by atoms with Crippen LogP contribution in [-0.2, 0) is 6.54 Å². The van der Waals surface area contributed by atoms with Crippen LogP contribution in [0.2, 0.25) is 0 Å². The molecule has 0 saturated heterocycles. The number of nitrogens with zero attached hydrogens (tertiary/aromatic N) is 3. The van der Waals surface area contributed by atoms with Crippen LogP contribution in [0.4, 0.5) is 4.39 Å². The molecule has 116 valence electrons. The van der Waals surface area contributed by atoms with Crippen molar-refractivity contribution in [1.29, 1.82) is 0 Å². The molecular weight excluding hydrogens is 299 g/mol. The van der Waals surface area contributed by atoms with Gasteiger partial charge in [-0.2, -0.15) is 0 Å². The van der Waals surface area contributed by atoms with Crippen LogP contribution in [0.5, 0.6) is 0 Å². The Balaban J connectivity index is 1.67. The molecular formula is C16H13FN4O2. The first-order chi connectivity index (χ1) is 11.1. The minimum atomic E-state index is -0.582. The van der Waals surface area contributed by atoms with Crippen LogP contribution in [0, 0.1) is 12.7 Å². The van der Waals surface area contributed by atoms with Crippen LogP contribution in [-0.4, -0.2) is 21.1 Å². The summed E-state index contributed by atoms with van der Waals surface area (Å²) < 4.78 is 19.0. The van der Waals surface area contributed by atoms with Crippen molar-refractivity contribution >= 4 is 5.91 Å². The number of hydrogen-bond acceptors (Lipinski definition) is 5. The number of nitrogens with one attached hydrogen (secondary N) is 1. The zero-order valence-electron chi connectivity index (χ0n) is 12.3. The average molecular weight is 312 g/mol. The van der Waals surface area contributed by atoms with Gasteiger partial charge in [0.05, 0.1) is 17.7 Å². The number of pyridine rings is 1. The highest BCUT2D eigenvalue weighted by Gasteiger charge is 2.13. The molecule has 7 heteroatoms. The predicted octanol–water partition coefficient (Wildman–Crippen LogP) is 2.51. The topological polar surface area (TPSA) is 80.9 Å². The fourth-order valence-electron chi connectivity index (χ4n) is 1.93. The number of hydrogen-bond donors (Lipinski definition) is 1. The maximum Gasteiger partial charge on any atom is 0.254 e. The SMILES string of the molecule is Cc1ccc(-c2nnc(CNC(=O)c3ccccc3F)o2)cn1. The normalized spacial score (nSPS) is 10.5. The zero-order chi connectivity index (χ0) is 16.2. The number of carbonyl (C=O) groups is 1. The molecule has 0 spiro atoms. The lowest BCUT2D eigenvalue weighted by molar-refractivity contribution is 0.0943. The largest absolute Gasteiger partial charge is 0.419 e. The number of aryl methyl sites for hydroxylation is 1. The molecule has 0 aliphatic heterocycles. The van der Waals surface area contributed by atoms with E-state index in [1.807, 2.05) is 19.1 Å². The molecule has 0 atom stereocenters. The number of rotatable bonds is 4. The fraction of sp³-hybridized carbons (Fsp3) is 0.125. The summed E-state index contributed by atoms with van der Waals surface area (Å²) in [4.78, 5) is 16.1. The predicted molar refractivity (Wildman–Crippen MR) is 79.8 cm³/mol. The molecule has 2 heterocycles. The number of halogens is 1. The second-order valence-electron chi connectivity index (χ2n) is 4.85. The van der Waals surface area contributed by atoms with Crippen LogP contribution in [0.15, 0.2) is 47.0 Å². The molecule has 0 radical (unpaired) electrons. The Morgan fingerprint density at radius 2 is 2.04 bits per heavy atom. The van der Waals surface area contributed by atoms with Gasteiger partial charge in [0, 0.05) is 11.9 Å². The summed E-state index contributed by atoms with van der Waals surface area (Å²) in [6.07, 6.45) is 1.63. The fourth-order valence-corrected chi connectivity index (χ4v) is 1.93. The molecule has 0 unspecified atom stereocenters. The highest BCUT2D eigenvalue weighted by molar-refractivity contribution is 5.94. The Bertz CT molecular complexity index is 830. The van der Waals surface area contributed by atoms with E-state index in [1.165, 1.54) is 18.2 Å². The molecule has 23 heavy (non-hydrogen) atoms. The van der Waals surface area contributed by atoms with Crippen molar-refractivity contribution in [1.82, 2.24) is 20.5 Å². The summed E-state index contributed by atoms with van der Waals surface area (Å²) in [5.41, 5.74) is 1.54. The zero-order valence-corrected chi connectivity index (χ0v) is 12.3. The van der Waals surface area contributed by atoms with E-state index in [2.05, 4.69) is 20.5 Å². The average Bonchev–Trinajstić information content (AvgIpc) is 3.03. The van der Waals surface area contributed by atoms with Crippen LogP contribution in [0.25, 0.3) is 11.5 Å². The van der Waals surface area contributed by atoms with Gasteiger partial charge >= 0.3 is 0 Å². The van der Waals surface area contributed by atoms with E-state index < -0.39 is 11.7 Å². The molecule has 1 aromatic carbocycles. The summed E-state index contributed by atoms with van der Waals surface area (Å²) in [6, 6.07) is 9.39. The smallest absolute Gasteiger partial charge is 0.254 e. The molecule has 0 aliphatic carbocycles. The van der Waals surface area contributed by atoms with Crippen LogP contribution < -0.4 is 5.32 Å². The van der Waals surface area contributed by atoms with Gasteiger partial charge in [-0.25, -0.2) is 4.39 Å². The van der Waals surface area contributed by atoms with E-state index in [-0.39, 0.29) is 18.0 Å². The molecule has 0 aliphatic rings. The molecule has 1 N–H and O–H groups in total. The molecule has 0 fully saturated rings. The monoisotopic (exact) mass is 312 g/mol. The summed E-state index contributed by atoms with van der Waals surface area (Å²) in [7, 11) is 0. The maximum absolute atomic E-state index is 13.5. The summed E-state index contributed by atoms with van der Waals surface area (Å²) in [6.45, 7) is 1.89. The molecule has 2 aromatic heterocycles. The van der Waals surface area contributed by atoms with Crippen molar-refractivity contribution in [2.75, 3.05) is 0 Å². The minimum absolute atomic E-state index is 0.0134. The lowest BCUT2D eigenvalue weighted by Crippen LogP contribution is -2.23. The van der Waals surface area contributed by atoms with Gasteiger partial charge < -0.3 is 9.73 Å². The Morgan fingerprint density at radius 3 is 2.78 bits per heavy atom. The van der Waals surface area contributed by atoms with Gasteiger partial charge in [0.2, 0.25) is 11.8 Å². The quantitative estimate of drug-likeness (QED) is 0.800. The molecule has 6 nitrogen and oxygen atoms in total. The number of amides is 1. The van der Waals surface area contributed by atoms with Crippen molar-refractivity contribution in [3.05, 3.63) is 65.6 Å². The Kier molecular flexibility index (Phi) is 4.09. The molecule has 0 saturated carbocycles. The number of benzene rings is 1. The lowest BCUT2D eigenvalue weighted by atomic mass is 10.2. The van der Waals surface area contributed by atoms with E-state index in [0.717, 1.165) is 5.69 Å². The van der Waals surface area contributed by atoms with Gasteiger partial charge in [-0.15, -0.1) is 10.2 Å². The van der Waals surface area contributed by atoms with Gasteiger partial charge in [-0.3, -0.25) is 9.78 Å². The molecule has 3 aromatic rings. The van der Waals surface area contributed by atoms with Crippen LogP contribution in [0.1, 0.15) is 21.9 Å². The summed E-state index contributed by atoms with van der Waals surface area (Å²) >= 11 is 0. The second kappa shape index (κ2) is 6.35. The van der Waals surface area contributed by atoms with Crippen molar-refractivity contribution in [2.45, 2.75) is 13.5 Å². The first-order valence-electron chi connectivity index (χ1n) is 6.91.